The van der Waals surface area contributed by atoms with E-state index >= 15 is 0 Å². The summed E-state index contributed by atoms with van der Waals surface area (Å²) in [4.78, 5) is 2.62. The zero-order chi connectivity index (χ0) is 19.8. The lowest BCUT2D eigenvalue weighted by Crippen LogP contribution is -3.27. The van der Waals surface area contributed by atoms with Gasteiger partial charge in [-0.2, -0.15) is 13.2 Å². The molecule has 2 heterocycles. The highest BCUT2D eigenvalue weighted by atomic mass is 19.4. The van der Waals surface area contributed by atoms with Gasteiger partial charge in [-0.05, 0) is 43.3 Å². The number of hydrogen-bond donors (Lipinski definition) is 2. The molecular weight excluding hydrogens is 357 g/mol. The molecule has 2 aromatic rings. The number of likely N-dealkylation sites (N-methyl/N-ethyl adjacent to an activating group) is 1. The molecule has 148 valence electrons. The number of nitrogens with zero attached hydrogens (tertiary/aromatic N) is 4. The molecule has 1 aliphatic rings. The second-order valence-electron chi connectivity index (χ2n) is 8.29. The number of aromatic nitrogens is 4. The topological polar surface area (TPSA) is 52.5 Å². The number of piperazine rings is 1. The van der Waals surface area contributed by atoms with Gasteiger partial charge in [0.15, 0.2) is 6.04 Å². The van der Waals surface area contributed by atoms with Crippen molar-refractivity contribution in [3.05, 3.63) is 41.2 Å². The van der Waals surface area contributed by atoms with E-state index in [9.17, 15) is 13.2 Å². The Labute approximate surface area is 156 Å². The van der Waals surface area contributed by atoms with Crippen LogP contribution in [0.1, 0.15) is 43.8 Å². The molecule has 1 aliphatic heterocycles. The molecule has 0 radical (unpaired) electrons. The van der Waals surface area contributed by atoms with Crippen molar-refractivity contribution in [2.45, 2.75) is 38.5 Å². The highest BCUT2D eigenvalue weighted by molar-refractivity contribution is 5.30. The summed E-state index contributed by atoms with van der Waals surface area (Å²) < 4.78 is 41.6. The van der Waals surface area contributed by atoms with Crippen LogP contribution in [0.2, 0.25) is 0 Å². The Morgan fingerprint density at radius 1 is 1.07 bits per heavy atom. The van der Waals surface area contributed by atoms with Crippen molar-refractivity contribution >= 4 is 0 Å². The first-order valence-corrected chi connectivity index (χ1v) is 9.19. The highest BCUT2D eigenvalue weighted by Gasteiger charge is 2.38. The third-order valence-corrected chi connectivity index (χ3v) is 5.09. The molecule has 1 saturated heterocycles. The number of alkyl halides is 3. The fourth-order valence-corrected chi connectivity index (χ4v) is 3.60. The molecule has 2 N–H and O–H groups in total. The summed E-state index contributed by atoms with van der Waals surface area (Å²) in [5, 5.41) is 12.2. The van der Waals surface area contributed by atoms with Crippen molar-refractivity contribution in [1.29, 1.82) is 0 Å². The van der Waals surface area contributed by atoms with E-state index < -0.39 is 11.7 Å². The van der Waals surface area contributed by atoms with Crippen molar-refractivity contribution in [2.24, 2.45) is 0 Å². The standard InChI is InChI=1S/C18H25F3N6/c1-17(2,3)27-16(22-23-24-27)15(26-10-8-25(4)9-11-26)13-6-5-7-14(12-13)18(19,20)21/h5-7,12,15H,8-11H2,1-4H3/p+2/t15-/m0/s1. The molecule has 27 heavy (non-hydrogen) atoms. The molecule has 0 bridgehead atoms. The molecule has 1 fully saturated rings. The molecule has 1 atom stereocenters. The number of hydrogen-bond acceptors (Lipinski definition) is 3. The SMILES string of the molecule is C[NH+]1CC[NH+]([C@@H](c2cccc(C(F)(F)F)c2)c2nnnn2C(C)(C)C)CC1. The summed E-state index contributed by atoms with van der Waals surface area (Å²) in [6.45, 7) is 9.58. The van der Waals surface area contributed by atoms with Gasteiger partial charge in [0, 0.05) is 5.56 Å². The molecule has 9 heteroatoms. The molecule has 3 rings (SSSR count). The first-order valence-electron chi connectivity index (χ1n) is 9.19. The van der Waals surface area contributed by atoms with Crippen molar-refractivity contribution in [1.82, 2.24) is 20.2 Å². The number of benzene rings is 1. The Bertz CT molecular complexity index is 772. The van der Waals surface area contributed by atoms with Gasteiger partial charge in [-0.25, -0.2) is 4.68 Å². The van der Waals surface area contributed by atoms with Crippen LogP contribution in [0.15, 0.2) is 24.3 Å². The van der Waals surface area contributed by atoms with Crippen molar-refractivity contribution in [3.8, 4) is 0 Å². The van der Waals surface area contributed by atoms with E-state index in [0.29, 0.717) is 11.4 Å². The fourth-order valence-electron chi connectivity index (χ4n) is 3.60. The van der Waals surface area contributed by atoms with E-state index in [1.807, 2.05) is 20.8 Å². The number of rotatable bonds is 3. The molecule has 0 spiro atoms. The lowest BCUT2D eigenvalue weighted by atomic mass is 9.99. The van der Waals surface area contributed by atoms with E-state index in [1.54, 1.807) is 10.7 Å². The Balaban J connectivity index is 2.08. The van der Waals surface area contributed by atoms with Crippen LogP contribution in [-0.4, -0.2) is 53.4 Å². The van der Waals surface area contributed by atoms with E-state index in [0.717, 1.165) is 32.2 Å². The molecular formula is C18H27F3N6+2. The lowest BCUT2D eigenvalue weighted by Gasteiger charge is -2.34. The molecule has 1 aromatic carbocycles. The largest absolute Gasteiger partial charge is 0.416 e. The Hall–Kier alpha value is -2.00. The number of nitrogens with one attached hydrogen (secondary N) is 2. The highest BCUT2D eigenvalue weighted by Crippen LogP contribution is 2.31. The summed E-state index contributed by atoms with van der Waals surface area (Å²) in [5.41, 5.74) is -0.408. The van der Waals surface area contributed by atoms with E-state index in [-0.39, 0.29) is 11.6 Å². The van der Waals surface area contributed by atoms with Gasteiger partial charge in [0.1, 0.15) is 26.2 Å². The minimum Gasteiger partial charge on any atom is -0.328 e. The molecule has 0 saturated carbocycles. The second-order valence-corrected chi connectivity index (χ2v) is 8.29. The number of halogens is 3. The van der Waals surface area contributed by atoms with E-state index in [4.69, 9.17) is 0 Å². The van der Waals surface area contributed by atoms with Gasteiger partial charge in [0.05, 0.1) is 18.2 Å². The lowest BCUT2D eigenvalue weighted by molar-refractivity contribution is -1.02. The van der Waals surface area contributed by atoms with Crippen molar-refractivity contribution in [3.63, 3.8) is 0 Å². The third-order valence-electron chi connectivity index (χ3n) is 5.09. The maximum absolute atomic E-state index is 13.3. The van der Waals surface area contributed by atoms with Gasteiger partial charge >= 0.3 is 6.18 Å². The summed E-state index contributed by atoms with van der Waals surface area (Å²) in [5.74, 6) is 0.608. The predicted molar refractivity (Wildman–Crippen MR) is 93.4 cm³/mol. The molecule has 0 aliphatic carbocycles. The number of tetrazole rings is 1. The number of quaternary nitrogens is 2. The van der Waals surface area contributed by atoms with Crippen LogP contribution in [0.5, 0.6) is 0 Å². The van der Waals surface area contributed by atoms with Gasteiger partial charge in [-0.15, -0.1) is 5.10 Å². The summed E-state index contributed by atoms with van der Waals surface area (Å²) in [6.07, 6.45) is -4.38. The van der Waals surface area contributed by atoms with Gasteiger partial charge < -0.3 is 9.80 Å². The maximum atomic E-state index is 13.3. The van der Waals surface area contributed by atoms with Gasteiger partial charge in [-0.3, -0.25) is 0 Å². The van der Waals surface area contributed by atoms with Gasteiger partial charge in [0.2, 0.25) is 5.82 Å². The molecule has 1 aromatic heterocycles. The first kappa shape index (κ1) is 19.8. The average molecular weight is 384 g/mol. The van der Waals surface area contributed by atoms with Crippen LogP contribution in [0.3, 0.4) is 0 Å². The molecule has 0 amide bonds. The fraction of sp³-hybridized carbons (Fsp3) is 0.611. The first-order chi connectivity index (χ1) is 12.6. The van der Waals surface area contributed by atoms with Crippen LogP contribution in [0, 0.1) is 0 Å². The monoisotopic (exact) mass is 384 g/mol. The molecule has 0 unspecified atom stereocenters. The minimum absolute atomic E-state index is 0.338. The molecule has 6 nitrogen and oxygen atoms in total. The van der Waals surface area contributed by atoms with E-state index in [1.165, 1.54) is 21.9 Å². The van der Waals surface area contributed by atoms with Crippen LogP contribution >= 0.6 is 0 Å². The van der Waals surface area contributed by atoms with Crippen LogP contribution in [0.25, 0.3) is 0 Å². The van der Waals surface area contributed by atoms with Gasteiger partial charge in [-0.1, -0.05) is 12.1 Å². The third kappa shape index (κ3) is 4.30. The van der Waals surface area contributed by atoms with Crippen LogP contribution in [0.4, 0.5) is 13.2 Å². The Morgan fingerprint density at radius 2 is 1.74 bits per heavy atom. The summed E-state index contributed by atoms with van der Waals surface area (Å²) in [6, 6.07) is 5.23. The average Bonchev–Trinajstić information content (AvgIpc) is 3.06. The normalized spacial score (nSPS) is 22.6. The summed E-state index contributed by atoms with van der Waals surface area (Å²) in [7, 11) is 2.13. The summed E-state index contributed by atoms with van der Waals surface area (Å²) >= 11 is 0. The van der Waals surface area contributed by atoms with Crippen molar-refractivity contribution < 1.29 is 23.0 Å². The van der Waals surface area contributed by atoms with Gasteiger partial charge in [0.25, 0.3) is 0 Å². The van der Waals surface area contributed by atoms with E-state index in [2.05, 4.69) is 22.6 Å². The predicted octanol–water partition coefficient (Wildman–Crippen LogP) is -0.0505. The Morgan fingerprint density at radius 3 is 2.33 bits per heavy atom. The van der Waals surface area contributed by atoms with Crippen LogP contribution < -0.4 is 9.80 Å². The zero-order valence-corrected chi connectivity index (χ0v) is 16.1. The quantitative estimate of drug-likeness (QED) is 0.780. The van der Waals surface area contributed by atoms with Crippen molar-refractivity contribution in [2.75, 3.05) is 33.2 Å². The smallest absolute Gasteiger partial charge is 0.328 e. The minimum atomic E-state index is -4.38. The zero-order valence-electron chi connectivity index (χ0n) is 16.1. The Kier molecular flexibility index (Phi) is 5.27. The maximum Gasteiger partial charge on any atom is 0.416 e. The second kappa shape index (κ2) is 7.20. The van der Waals surface area contributed by atoms with Crippen LogP contribution in [-0.2, 0) is 11.7 Å².